The van der Waals surface area contributed by atoms with Gasteiger partial charge in [-0.3, -0.25) is 14.5 Å². The first-order valence-electron chi connectivity index (χ1n) is 9.80. The number of amides is 2. The minimum Gasteiger partial charge on any atom is -0.312 e. The van der Waals surface area contributed by atoms with E-state index < -0.39 is 11.7 Å². The predicted molar refractivity (Wildman–Crippen MR) is 117 cm³/mol. The maximum atomic E-state index is 14.2. The van der Waals surface area contributed by atoms with Crippen LogP contribution in [0.2, 0.25) is 0 Å². The summed E-state index contributed by atoms with van der Waals surface area (Å²) in [7, 11) is 3.85. The molecule has 6 nitrogen and oxygen atoms in total. The molecule has 0 bridgehead atoms. The number of aromatic nitrogens is 1. The molecule has 1 atom stereocenters. The average Bonchev–Trinajstić information content (AvgIpc) is 3.33. The van der Waals surface area contributed by atoms with Gasteiger partial charge in [-0.1, -0.05) is 35.6 Å². The fraction of sp³-hybridized carbons (Fsp3) is 0.318. The third-order valence-electron chi connectivity index (χ3n) is 5.17. The summed E-state index contributed by atoms with van der Waals surface area (Å²) in [5, 5.41) is 0.465. The highest BCUT2D eigenvalue weighted by molar-refractivity contribution is 7.22. The normalized spacial score (nSPS) is 16.6. The van der Waals surface area contributed by atoms with Crippen molar-refractivity contribution in [3.05, 3.63) is 54.3 Å². The second-order valence-corrected chi connectivity index (χ2v) is 8.63. The van der Waals surface area contributed by atoms with Gasteiger partial charge in [-0.2, -0.15) is 0 Å². The van der Waals surface area contributed by atoms with E-state index in [1.54, 1.807) is 21.9 Å². The highest BCUT2D eigenvalue weighted by Crippen LogP contribution is 2.33. The monoisotopic (exact) mass is 426 g/mol. The summed E-state index contributed by atoms with van der Waals surface area (Å²) >= 11 is 1.29. The number of thiazole rings is 1. The summed E-state index contributed by atoms with van der Waals surface area (Å²) in [6.07, 6.45) is 0.158. The summed E-state index contributed by atoms with van der Waals surface area (Å²) in [5.41, 5.74) is 1.06. The Hall–Kier alpha value is -2.84. The molecule has 1 saturated heterocycles. The van der Waals surface area contributed by atoms with E-state index in [0.29, 0.717) is 29.5 Å². The molecule has 2 amide bonds. The summed E-state index contributed by atoms with van der Waals surface area (Å²) in [4.78, 5) is 35.7. The van der Waals surface area contributed by atoms with Gasteiger partial charge in [0.15, 0.2) is 5.13 Å². The Morgan fingerprint density at radius 2 is 1.93 bits per heavy atom. The van der Waals surface area contributed by atoms with Crippen molar-refractivity contribution in [2.45, 2.75) is 6.42 Å². The predicted octanol–water partition coefficient (Wildman–Crippen LogP) is 3.38. The smallest absolute Gasteiger partial charge is 0.234 e. The zero-order valence-corrected chi connectivity index (χ0v) is 17.7. The van der Waals surface area contributed by atoms with Gasteiger partial charge in [0.2, 0.25) is 11.8 Å². The molecule has 3 aromatic rings. The number of carbonyl (C=O) groups excluding carboxylic acids is 2. The topological polar surface area (TPSA) is 56.8 Å². The number of anilines is 2. The van der Waals surface area contributed by atoms with Gasteiger partial charge in [0.05, 0.1) is 10.6 Å². The zero-order chi connectivity index (χ0) is 21.3. The fourth-order valence-electron chi connectivity index (χ4n) is 3.57. The Morgan fingerprint density at radius 1 is 1.17 bits per heavy atom. The molecule has 0 aliphatic carbocycles. The van der Waals surface area contributed by atoms with Gasteiger partial charge >= 0.3 is 0 Å². The minimum absolute atomic E-state index is 0.0672. The molecule has 1 fully saturated rings. The van der Waals surface area contributed by atoms with Crippen LogP contribution in [-0.2, 0) is 9.59 Å². The van der Waals surface area contributed by atoms with Crippen LogP contribution in [0, 0.1) is 11.7 Å². The second kappa shape index (κ2) is 8.49. The van der Waals surface area contributed by atoms with Crippen LogP contribution in [0.3, 0.4) is 0 Å². The van der Waals surface area contributed by atoms with E-state index in [2.05, 4.69) is 4.98 Å². The molecule has 30 heavy (non-hydrogen) atoms. The molecule has 1 unspecified atom stereocenters. The number of fused-ring (bicyclic) bond motifs is 1. The maximum Gasteiger partial charge on any atom is 0.234 e. The summed E-state index contributed by atoms with van der Waals surface area (Å²) in [6, 6.07) is 14.2. The molecule has 8 heteroatoms. The van der Waals surface area contributed by atoms with Crippen LogP contribution in [0.4, 0.5) is 15.2 Å². The number of para-hydroxylation sites is 2. The van der Waals surface area contributed by atoms with E-state index in [9.17, 15) is 14.0 Å². The lowest BCUT2D eigenvalue weighted by Crippen LogP contribution is -2.41. The van der Waals surface area contributed by atoms with E-state index in [-0.39, 0.29) is 23.8 Å². The van der Waals surface area contributed by atoms with Gasteiger partial charge < -0.3 is 9.80 Å². The van der Waals surface area contributed by atoms with Crippen LogP contribution in [0.5, 0.6) is 0 Å². The van der Waals surface area contributed by atoms with Crippen LogP contribution < -0.4 is 9.80 Å². The van der Waals surface area contributed by atoms with Crippen molar-refractivity contribution < 1.29 is 14.0 Å². The standard InChI is InChI=1S/C22H23FN4O2S/c1-25(2)11-12-26(22-24-20-17(23)9-6-10-18(20)30-22)21(29)15-13-19(28)27(14-15)16-7-4-3-5-8-16/h3-10,15H,11-14H2,1-2H3. The third-order valence-corrected chi connectivity index (χ3v) is 6.21. The van der Waals surface area contributed by atoms with Gasteiger partial charge in [0, 0.05) is 31.7 Å². The van der Waals surface area contributed by atoms with Crippen LogP contribution in [0.1, 0.15) is 6.42 Å². The lowest BCUT2D eigenvalue weighted by atomic mass is 10.1. The Balaban J connectivity index is 1.61. The Morgan fingerprint density at radius 3 is 2.63 bits per heavy atom. The van der Waals surface area contributed by atoms with Crippen LogP contribution in [0.15, 0.2) is 48.5 Å². The largest absolute Gasteiger partial charge is 0.312 e. The Bertz CT molecular complexity index is 1070. The van der Waals surface area contributed by atoms with Gasteiger partial charge in [-0.15, -0.1) is 0 Å². The van der Waals surface area contributed by atoms with Crippen molar-refractivity contribution in [1.29, 1.82) is 0 Å². The number of carbonyl (C=O) groups is 2. The molecule has 1 aliphatic rings. The molecule has 0 radical (unpaired) electrons. The number of nitrogens with zero attached hydrogens (tertiary/aromatic N) is 4. The van der Waals surface area contributed by atoms with Crippen LogP contribution >= 0.6 is 11.3 Å². The van der Waals surface area contributed by atoms with Crippen molar-refractivity contribution in [3.63, 3.8) is 0 Å². The van der Waals surface area contributed by atoms with Gasteiger partial charge in [0.1, 0.15) is 11.3 Å². The van der Waals surface area contributed by atoms with Crippen LogP contribution in [0.25, 0.3) is 10.2 Å². The number of halogens is 1. The molecule has 156 valence electrons. The van der Waals surface area contributed by atoms with Gasteiger partial charge in [0.25, 0.3) is 0 Å². The zero-order valence-electron chi connectivity index (χ0n) is 16.9. The molecular weight excluding hydrogens is 403 g/mol. The maximum absolute atomic E-state index is 14.2. The summed E-state index contributed by atoms with van der Waals surface area (Å²) in [6.45, 7) is 1.38. The molecule has 2 aromatic carbocycles. The quantitative estimate of drug-likeness (QED) is 0.606. The molecule has 2 heterocycles. The molecule has 1 aromatic heterocycles. The van der Waals surface area contributed by atoms with E-state index in [0.717, 1.165) is 5.69 Å². The first-order chi connectivity index (χ1) is 14.4. The first kappa shape index (κ1) is 20.4. The van der Waals surface area contributed by atoms with Crippen molar-refractivity contribution in [2.75, 3.05) is 43.5 Å². The average molecular weight is 427 g/mol. The second-order valence-electron chi connectivity index (χ2n) is 7.62. The fourth-order valence-corrected chi connectivity index (χ4v) is 4.58. The molecule has 0 N–H and O–H groups in total. The van der Waals surface area contributed by atoms with Crippen molar-refractivity contribution >= 4 is 44.2 Å². The van der Waals surface area contributed by atoms with E-state index in [1.165, 1.54) is 17.4 Å². The van der Waals surface area contributed by atoms with E-state index in [1.807, 2.05) is 49.3 Å². The molecule has 0 saturated carbocycles. The minimum atomic E-state index is -0.461. The lowest BCUT2D eigenvalue weighted by Gasteiger charge is -2.24. The number of rotatable bonds is 6. The van der Waals surface area contributed by atoms with E-state index in [4.69, 9.17) is 0 Å². The molecule has 0 spiro atoms. The Labute approximate surface area is 178 Å². The number of benzene rings is 2. The Kier molecular flexibility index (Phi) is 5.78. The molecule has 1 aliphatic heterocycles. The molecule has 4 rings (SSSR count). The van der Waals surface area contributed by atoms with E-state index >= 15 is 0 Å². The van der Waals surface area contributed by atoms with Crippen LogP contribution in [-0.4, -0.2) is 55.4 Å². The van der Waals surface area contributed by atoms with Crippen molar-refractivity contribution in [3.8, 4) is 0 Å². The van der Waals surface area contributed by atoms with Gasteiger partial charge in [-0.05, 0) is 38.4 Å². The number of hydrogen-bond donors (Lipinski definition) is 0. The SMILES string of the molecule is CN(C)CCN(C(=O)C1CC(=O)N(c2ccccc2)C1)c1nc2c(F)cccc2s1. The lowest BCUT2D eigenvalue weighted by molar-refractivity contribution is -0.124. The third kappa shape index (κ3) is 4.06. The first-order valence-corrected chi connectivity index (χ1v) is 10.6. The van der Waals surface area contributed by atoms with Crippen molar-refractivity contribution in [2.24, 2.45) is 5.92 Å². The number of likely N-dealkylation sites (N-methyl/N-ethyl adjacent to an activating group) is 1. The summed E-state index contributed by atoms with van der Waals surface area (Å²) < 4.78 is 14.8. The number of hydrogen-bond acceptors (Lipinski definition) is 5. The highest BCUT2D eigenvalue weighted by Gasteiger charge is 2.38. The van der Waals surface area contributed by atoms with Crippen molar-refractivity contribution in [1.82, 2.24) is 9.88 Å². The highest BCUT2D eigenvalue weighted by atomic mass is 32.1. The van der Waals surface area contributed by atoms with Gasteiger partial charge in [-0.25, -0.2) is 9.37 Å². The molecular formula is C22H23FN4O2S. The summed E-state index contributed by atoms with van der Waals surface area (Å²) in [5.74, 6) is -1.08.